The number of rotatable bonds is 10. The van der Waals surface area contributed by atoms with E-state index in [9.17, 15) is 87.3 Å². The molecule has 0 heterocycles. The van der Waals surface area contributed by atoms with Gasteiger partial charge in [-0.3, -0.25) is 18.2 Å². The summed E-state index contributed by atoms with van der Waals surface area (Å²) in [4.78, 5) is -12.8. The molecule has 4 aromatic carbocycles. The molecule has 0 bridgehead atoms. The third kappa shape index (κ3) is 7.91. The zero-order valence-electron chi connectivity index (χ0n) is 24.2. The summed E-state index contributed by atoms with van der Waals surface area (Å²) in [6.45, 7) is 0. The van der Waals surface area contributed by atoms with Gasteiger partial charge in [-0.2, -0.15) is 33.7 Å². The van der Waals surface area contributed by atoms with Gasteiger partial charge in [-0.1, -0.05) is 0 Å². The summed E-state index contributed by atoms with van der Waals surface area (Å²) in [5.74, 6) is -2.41. The van der Waals surface area contributed by atoms with Gasteiger partial charge in [0.1, 0.15) is 21.3 Å². The molecule has 0 unspecified atom stereocenters. The van der Waals surface area contributed by atoms with Crippen LogP contribution in [0.15, 0.2) is 122 Å². The summed E-state index contributed by atoms with van der Waals surface area (Å²) in [6.07, 6.45) is 0. The normalized spacial score (nSPS) is 13.6. The van der Waals surface area contributed by atoms with E-state index in [1.807, 2.05) is 0 Å². The van der Waals surface area contributed by atoms with Crippen molar-refractivity contribution in [3.8, 4) is 11.5 Å². The van der Waals surface area contributed by atoms with Crippen LogP contribution >= 0.6 is 0 Å². The first-order valence-electron chi connectivity index (χ1n) is 12.5. The summed E-state index contributed by atoms with van der Waals surface area (Å²) in [6, 6.07) is 3.91. The van der Waals surface area contributed by atoms with Gasteiger partial charge >= 0.3 is 0 Å². The van der Waals surface area contributed by atoms with Gasteiger partial charge in [0.05, 0.1) is 39.2 Å². The molecule has 0 saturated carbocycles. The number of sulfone groups is 3. The lowest BCUT2D eigenvalue weighted by molar-refractivity contribution is 0.457. The zero-order chi connectivity index (χ0) is 38.9. The summed E-state index contributed by atoms with van der Waals surface area (Å²) in [5.41, 5.74) is 0. The van der Waals surface area contributed by atoms with E-state index in [-0.39, 0.29) is 48.5 Å². The topological polar surface area (TPSA) is 360 Å². The van der Waals surface area contributed by atoms with Crippen LogP contribution in [0.5, 0.6) is 11.5 Å². The molecule has 51 heavy (non-hydrogen) atoms. The number of aromatic hydroxyl groups is 2. The van der Waals surface area contributed by atoms with E-state index in [0.717, 1.165) is 0 Å². The summed E-state index contributed by atoms with van der Waals surface area (Å²) in [5, 5.41) is 20.7. The Kier molecular flexibility index (Phi) is 9.80. The highest BCUT2D eigenvalue weighted by atomic mass is 32.2. The van der Waals surface area contributed by atoms with Gasteiger partial charge in [0.15, 0.2) is 0 Å². The molecule has 276 valence electrons. The fourth-order valence-electron chi connectivity index (χ4n) is 4.14. The van der Waals surface area contributed by atoms with Crippen molar-refractivity contribution in [2.45, 2.75) is 49.0 Å². The van der Waals surface area contributed by atoms with Crippen molar-refractivity contribution >= 4 is 70.0 Å². The van der Waals surface area contributed by atoms with E-state index in [2.05, 4.69) is 0 Å². The minimum atomic E-state index is -5.35. The lowest BCUT2D eigenvalue weighted by Crippen LogP contribution is -2.11. The minimum absolute atomic E-state index is 0.184. The lowest BCUT2D eigenvalue weighted by atomic mass is 10.3. The second-order valence-electron chi connectivity index (χ2n) is 9.95. The van der Waals surface area contributed by atoms with Gasteiger partial charge in [-0.25, -0.2) is 25.3 Å². The smallest absolute Gasteiger partial charge is 0.294 e. The van der Waals surface area contributed by atoms with Gasteiger partial charge in [0.2, 0.25) is 29.5 Å². The Hall–Kier alpha value is -4.03. The first-order valence-corrected chi connectivity index (χ1v) is 22.7. The molecule has 0 aliphatic rings. The first-order chi connectivity index (χ1) is 22.9. The zero-order valence-corrected chi connectivity index (χ0v) is 29.9. The van der Waals surface area contributed by atoms with Crippen molar-refractivity contribution < 1.29 is 87.3 Å². The molecule has 0 spiro atoms. The van der Waals surface area contributed by atoms with Crippen molar-refractivity contribution in [3.05, 3.63) is 72.8 Å². The Morgan fingerprint density at radius 1 is 0.294 bits per heavy atom. The standard InChI is InChI=1S/C24H18O20S7/c25-21-3-1-13(11-23(21)46(29,30)15-5-17(48(33,34)35)9-18(6-15)49(36,37)38)45(27,28)14-2-4-22(26)24(12-14)47(31,32)16-7-19(50(39,40)41)10-20(8-16)51(42,43)44/h1-12,25-26H,(H,33,34,35)(H,36,37,38)(H,39,40,41)(H,42,43,44). The fourth-order valence-corrected chi connectivity index (χ4v) is 11.1. The average molecular weight is 851 g/mol. The van der Waals surface area contributed by atoms with Crippen LogP contribution in [-0.4, -0.2) is 87.3 Å². The SMILES string of the molecule is O=S(=O)(O)c1cc(S(=O)(=O)O)cc(S(=O)(=O)c2cc(S(=O)(=O)c3ccc(O)c(S(=O)(=O)c4cc(S(=O)(=O)O)cc(S(=O)(=O)O)c4)c3)ccc2O)c1. The molecule has 4 rings (SSSR count). The maximum absolute atomic E-state index is 13.6. The lowest BCUT2D eigenvalue weighted by Gasteiger charge is -2.13. The van der Waals surface area contributed by atoms with Crippen LogP contribution in [-0.2, 0) is 70.0 Å². The molecule has 0 fully saturated rings. The third-order valence-electron chi connectivity index (χ3n) is 6.58. The van der Waals surface area contributed by atoms with Gasteiger partial charge in [0, 0.05) is 0 Å². The van der Waals surface area contributed by atoms with Gasteiger partial charge < -0.3 is 10.2 Å². The highest BCUT2D eigenvalue weighted by Crippen LogP contribution is 2.37. The summed E-state index contributed by atoms with van der Waals surface area (Å²) in [7, 11) is -37.2. The van der Waals surface area contributed by atoms with Crippen LogP contribution in [0, 0.1) is 0 Å². The van der Waals surface area contributed by atoms with E-state index < -0.39 is 130 Å². The largest absolute Gasteiger partial charge is 0.507 e. The Morgan fingerprint density at radius 3 is 0.765 bits per heavy atom. The van der Waals surface area contributed by atoms with E-state index in [0.29, 0.717) is 24.3 Å². The third-order valence-corrected chi connectivity index (χ3v) is 15.2. The van der Waals surface area contributed by atoms with Crippen LogP contribution in [0.3, 0.4) is 0 Å². The quantitative estimate of drug-likeness (QED) is 0.119. The molecule has 20 nitrogen and oxygen atoms in total. The van der Waals surface area contributed by atoms with E-state index in [4.69, 9.17) is 0 Å². The van der Waals surface area contributed by atoms with Crippen molar-refractivity contribution in [1.29, 1.82) is 0 Å². The van der Waals surface area contributed by atoms with Crippen LogP contribution in [0.2, 0.25) is 0 Å². The molecule has 4 aromatic rings. The Labute approximate surface area is 289 Å². The highest BCUT2D eigenvalue weighted by molar-refractivity contribution is 7.93. The molecular formula is C24H18O20S7. The second-order valence-corrected chi connectivity index (χ2v) is 21.4. The van der Waals surface area contributed by atoms with Crippen molar-refractivity contribution in [2.75, 3.05) is 0 Å². The molecule has 0 aliphatic heterocycles. The van der Waals surface area contributed by atoms with E-state index in [1.165, 1.54) is 0 Å². The van der Waals surface area contributed by atoms with Crippen LogP contribution < -0.4 is 0 Å². The molecule has 0 aromatic heterocycles. The van der Waals surface area contributed by atoms with Gasteiger partial charge in [0.25, 0.3) is 40.5 Å². The maximum atomic E-state index is 13.6. The predicted octanol–water partition coefficient (Wildman–Crippen LogP) is 0.583. The molecule has 0 radical (unpaired) electrons. The Bertz CT molecular complexity index is 2650. The number of phenolic OH excluding ortho intramolecular Hbond substituents is 2. The molecule has 0 saturated heterocycles. The van der Waals surface area contributed by atoms with Crippen LogP contribution in [0.25, 0.3) is 0 Å². The van der Waals surface area contributed by atoms with Crippen molar-refractivity contribution in [2.24, 2.45) is 0 Å². The number of hydrogen-bond acceptors (Lipinski definition) is 16. The van der Waals surface area contributed by atoms with Crippen LogP contribution in [0.1, 0.15) is 0 Å². The molecule has 6 N–H and O–H groups in total. The Balaban J connectivity index is 1.93. The predicted molar refractivity (Wildman–Crippen MR) is 165 cm³/mol. The molecule has 27 heteroatoms. The van der Waals surface area contributed by atoms with Gasteiger partial charge in [-0.05, 0) is 72.8 Å². The highest BCUT2D eigenvalue weighted by Gasteiger charge is 2.32. The molecule has 0 atom stereocenters. The van der Waals surface area contributed by atoms with Crippen molar-refractivity contribution in [3.63, 3.8) is 0 Å². The average Bonchev–Trinajstić information content (AvgIpc) is 2.99. The van der Waals surface area contributed by atoms with Gasteiger partial charge in [-0.15, -0.1) is 0 Å². The molecule has 0 aliphatic carbocycles. The second kappa shape index (κ2) is 12.6. The number of benzene rings is 4. The molecule has 0 amide bonds. The number of hydrogen-bond donors (Lipinski definition) is 6. The minimum Gasteiger partial charge on any atom is -0.507 e. The van der Waals surface area contributed by atoms with Crippen molar-refractivity contribution in [1.82, 2.24) is 0 Å². The summed E-state index contributed by atoms with van der Waals surface area (Å²) < 4.78 is 212. The molecular weight excluding hydrogens is 833 g/mol. The van der Waals surface area contributed by atoms with E-state index >= 15 is 0 Å². The number of phenols is 2. The van der Waals surface area contributed by atoms with Crippen LogP contribution in [0.4, 0.5) is 0 Å². The Morgan fingerprint density at radius 2 is 0.529 bits per heavy atom. The monoisotopic (exact) mass is 850 g/mol. The van der Waals surface area contributed by atoms with E-state index in [1.54, 1.807) is 0 Å². The summed E-state index contributed by atoms with van der Waals surface area (Å²) >= 11 is 0. The first kappa shape index (κ1) is 39.8. The fraction of sp³-hybridized carbons (Fsp3) is 0. The maximum Gasteiger partial charge on any atom is 0.294 e.